The van der Waals surface area contributed by atoms with Gasteiger partial charge in [-0.15, -0.1) is 0 Å². The number of sulfonamides is 1. The third kappa shape index (κ3) is 3.89. The van der Waals surface area contributed by atoms with Crippen LogP contribution in [0, 0.1) is 17.0 Å². The Hall–Kier alpha value is -1.71. The lowest BCUT2D eigenvalue weighted by Crippen LogP contribution is -2.31. The number of nitro groups is 1. The van der Waals surface area contributed by atoms with Crippen LogP contribution in [0.5, 0.6) is 0 Å². The molecule has 0 bridgehead atoms. The predicted octanol–water partition coefficient (Wildman–Crippen LogP) is 0.325. The van der Waals surface area contributed by atoms with Gasteiger partial charge in [0.1, 0.15) is 5.69 Å². The summed E-state index contributed by atoms with van der Waals surface area (Å²) in [4.78, 5) is 11.8. The summed E-state index contributed by atoms with van der Waals surface area (Å²) in [5.41, 5.74) is 5.41. The zero-order valence-electron chi connectivity index (χ0n) is 11.6. The molecule has 1 aromatic carbocycles. The zero-order chi connectivity index (χ0) is 15.5. The lowest BCUT2D eigenvalue weighted by atomic mass is 10.2. The van der Waals surface area contributed by atoms with E-state index in [9.17, 15) is 18.5 Å². The standard InChI is InChI=1S/C11H18N4O4S/c1-8-6-9(12)10(15(16)17)7-11(8)20(18,19)13-4-5-14(2)3/h6-7,13H,4-5,12H2,1-3H3. The van der Waals surface area contributed by atoms with Crippen LogP contribution in [0.15, 0.2) is 17.0 Å². The topological polar surface area (TPSA) is 119 Å². The minimum absolute atomic E-state index is 0.0558. The van der Waals surface area contributed by atoms with Gasteiger partial charge in [0, 0.05) is 19.2 Å². The summed E-state index contributed by atoms with van der Waals surface area (Å²) in [6, 6.07) is 2.28. The minimum Gasteiger partial charge on any atom is -0.393 e. The molecule has 20 heavy (non-hydrogen) atoms. The van der Waals surface area contributed by atoms with Crippen LogP contribution in [0.1, 0.15) is 5.56 Å². The van der Waals surface area contributed by atoms with E-state index < -0.39 is 20.6 Å². The molecule has 0 amide bonds. The van der Waals surface area contributed by atoms with Crippen LogP contribution >= 0.6 is 0 Å². The number of anilines is 1. The van der Waals surface area contributed by atoms with Gasteiger partial charge in [-0.2, -0.15) is 0 Å². The second-order valence-corrected chi connectivity index (χ2v) is 6.37. The number of likely N-dealkylation sites (N-methyl/N-ethyl adjacent to an activating group) is 1. The first-order chi connectivity index (χ1) is 9.15. The van der Waals surface area contributed by atoms with Gasteiger partial charge in [0.25, 0.3) is 5.69 Å². The largest absolute Gasteiger partial charge is 0.393 e. The molecule has 3 N–H and O–H groups in total. The smallest absolute Gasteiger partial charge is 0.293 e. The predicted molar refractivity (Wildman–Crippen MR) is 76.0 cm³/mol. The molecule has 0 radical (unpaired) electrons. The molecule has 0 aliphatic heterocycles. The minimum atomic E-state index is -3.80. The summed E-state index contributed by atoms with van der Waals surface area (Å²) in [6.07, 6.45) is 0. The molecule has 0 saturated heterocycles. The summed E-state index contributed by atoms with van der Waals surface area (Å²) in [6.45, 7) is 2.28. The number of rotatable bonds is 6. The average Bonchev–Trinajstić information content (AvgIpc) is 2.26. The number of aryl methyl sites for hydroxylation is 1. The van der Waals surface area contributed by atoms with Crippen molar-refractivity contribution in [2.75, 3.05) is 32.9 Å². The molecule has 0 heterocycles. The van der Waals surface area contributed by atoms with Crippen LogP contribution < -0.4 is 10.5 Å². The maximum atomic E-state index is 12.1. The average molecular weight is 302 g/mol. The maximum Gasteiger partial charge on any atom is 0.293 e. The maximum absolute atomic E-state index is 12.1. The number of nitrogen functional groups attached to an aromatic ring is 1. The van der Waals surface area contributed by atoms with Crippen LogP contribution in [-0.2, 0) is 10.0 Å². The lowest BCUT2D eigenvalue weighted by Gasteiger charge is -2.12. The van der Waals surface area contributed by atoms with Crippen LogP contribution in [-0.4, -0.2) is 45.4 Å². The molecule has 112 valence electrons. The van der Waals surface area contributed by atoms with Gasteiger partial charge in [0.05, 0.1) is 9.82 Å². The van der Waals surface area contributed by atoms with E-state index in [1.54, 1.807) is 6.92 Å². The molecule has 1 aromatic rings. The molecule has 1 rings (SSSR count). The molecule has 8 nitrogen and oxygen atoms in total. The number of hydrogen-bond donors (Lipinski definition) is 2. The Kier molecular flexibility index (Phi) is 5.03. The fourth-order valence-electron chi connectivity index (χ4n) is 1.63. The van der Waals surface area contributed by atoms with Crippen molar-refractivity contribution in [3.05, 3.63) is 27.8 Å². The van der Waals surface area contributed by atoms with Gasteiger partial charge in [-0.25, -0.2) is 13.1 Å². The van der Waals surface area contributed by atoms with Crippen molar-refractivity contribution in [1.29, 1.82) is 0 Å². The molecule has 0 spiro atoms. The van der Waals surface area contributed by atoms with Gasteiger partial charge in [-0.3, -0.25) is 10.1 Å². The number of nitrogens with zero attached hydrogens (tertiary/aromatic N) is 2. The quantitative estimate of drug-likeness (QED) is 0.444. The normalized spacial score (nSPS) is 11.8. The first-order valence-corrected chi connectivity index (χ1v) is 7.32. The Labute approximate surface area is 117 Å². The Bertz CT molecular complexity index is 613. The second kappa shape index (κ2) is 6.16. The summed E-state index contributed by atoms with van der Waals surface area (Å²) in [5, 5.41) is 10.8. The van der Waals surface area contributed by atoms with Gasteiger partial charge in [-0.05, 0) is 32.6 Å². The Balaban J connectivity index is 3.11. The summed E-state index contributed by atoms with van der Waals surface area (Å²) >= 11 is 0. The third-order valence-electron chi connectivity index (χ3n) is 2.66. The molecule has 0 aliphatic carbocycles. The molecular weight excluding hydrogens is 284 g/mol. The van der Waals surface area contributed by atoms with Crippen LogP contribution in [0.3, 0.4) is 0 Å². The highest BCUT2D eigenvalue weighted by Gasteiger charge is 2.22. The SMILES string of the molecule is Cc1cc(N)c([N+](=O)[O-])cc1S(=O)(=O)NCCN(C)C. The molecule has 0 atom stereocenters. The number of nitrogens with two attached hydrogens (primary N) is 1. The molecule has 0 saturated carbocycles. The van der Waals surface area contributed by atoms with Crippen LogP contribution in [0.4, 0.5) is 11.4 Å². The molecule has 0 unspecified atom stereocenters. The van der Waals surface area contributed by atoms with Gasteiger partial charge in [0.15, 0.2) is 0 Å². The zero-order valence-corrected chi connectivity index (χ0v) is 12.4. The molecular formula is C11H18N4O4S. The lowest BCUT2D eigenvalue weighted by molar-refractivity contribution is -0.384. The molecule has 0 fully saturated rings. The van der Waals surface area contributed by atoms with E-state index in [0.29, 0.717) is 12.1 Å². The monoisotopic (exact) mass is 302 g/mol. The van der Waals surface area contributed by atoms with E-state index in [2.05, 4.69) is 4.72 Å². The first kappa shape index (κ1) is 16.3. The highest BCUT2D eigenvalue weighted by molar-refractivity contribution is 7.89. The summed E-state index contributed by atoms with van der Waals surface area (Å²) in [5.74, 6) is 0. The fraction of sp³-hybridized carbons (Fsp3) is 0.455. The number of nitro benzene ring substituents is 1. The van der Waals surface area contributed by atoms with E-state index >= 15 is 0 Å². The van der Waals surface area contributed by atoms with Crippen molar-refractivity contribution in [2.24, 2.45) is 0 Å². The van der Waals surface area contributed by atoms with E-state index in [-0.39, 0.29) is 17.1 Å². The van der Waals surface area contributed by atoms with Crippen molar-refractivity contribution in [3.8, 4) is 0 Å². The summed E-state index contributed by atoms with van der Waals surface area (Å²) < 4.78 is 26.7. The Morgan fingerprint density at radius 1 is 1.40 bits per heavy atom. The van der Waals surface area contributed by atoms with E-state index in [0.717, 1.165) is 6.07 Å². The van der Waals surface area contributed by atoms with Gasteiger partial charge in [0.2, 0.25) is 10.0 Å². The number of benzene rings is 1. The van der Waals surface area contributed by atoms with Gasteiger partial charge < -0.3 is 10.6 Å². The van der Waals surface area contributed by atoms with Crippen LogP contribution in [0.2, 0.25) is 0 Å². The van der Waals surface area contributed by atoms with Crippen molar-refractivity contribution >= 4 is 21.4 Å². The molecule has 9 heteroatoms. The van der Waals surface area contributed by atoms with Crippen molar-refractivity contribution < 1.29 is 13.3 Å². The molecule has 0 aromatic heterocycles. The van der Waals surface area contributed by atoms with Crippen molar-refractivity contribution in [2.45, 2.75) is 11.8 Å². The van der Waals surface area contributed by atoms with E-state index in [1.807, 2.05) is 19.0 Å². The second-order valence-electron chi connectivity index (χ2n) is 4.63. The third-order valence-corrected chi connectivity index (χ3v) is 4.26. The fourth-order valence-corrected chi connectivity index (χ4v) is 2.89. The van der Waals surface area contributed by atoms with Gasteiger partial charge in [-0.1, -0.05) is 0 Å². The van der Waals surface area contributed by atoms with Crippen molar-refractivity contribution in [3.63, 3.8) is 0 Å². The highest BCUT2D eigenvalue weighted by Crippen LogP contribution is 2.28. The highest BCUT2D eigenvalue weighted by atomic mass is 32.2. The van der Waals surface area contributed by atoms with Crippen molar-refractivity contribution in [1.82, 2.24) is 9.62 Å². The van der Waals surface area contributed by atoms with E-state index in [4.69, 9.17) is 5.73 Å². The summed E-state index contributed by atoms with van der Waals surface area (Å²) in [7, 11) is -0.170. The number of nitrogens with one attached hydrogen (secondary N) is 1. The number of hydrogen-bond acceptors (Lipinski definition) is 6. The molecule has 0 aliphatic rings. The Morgan fingerprint density at radius 3 is 2.50 bits per heavy atom. The first-order valence-electron chi connectivity index (χ1n) is 5.84. The van der Waals surface area contributed by atoms with Gasteiger partial charge >= 0.3 is 0 Å². The van der Waals surface area contributed by atoms with E-state index in [1.165, 1.54) is 6.07 Å². The van der Waals surface area contributed by atoms with Crippen LogP contribution in [0.25, 0.3) is 0 Å². The Morgan fingerprint density at radius 2 is 2.00 bits per heavy atom.